The van der Waals surface area contributed by atoms with E-state index in [1.807, 2.05) is 0 Å². The second kappa shape index (κ2) is 16.1. The van der Waals surface area contributed by atoms with Gasteiger partial charge in [0.05, 0.1) is 0 Å². The quantitative estimate of drug-likeness (QED) is 0.311. The molecular weight excluding hydrogens is 354 g/mol. The van der Waals surface area contributed by atoms with Crippen LogP contribution in [0.4, 0.5) is 0 Å². The van der Waals surface area contributed by atoms with E-state index in [0.29, 0.717) is 0 Å². The molecule has 2 aliphatic carbocycles. The Morgan fingerprint density at radius 1 is 0.621 bits per heavy atom. The number of nitrogens with zero attached hydrogens (tertiary/aromatic N) is 2. The van der Waals surface area contributed by atoms with Crippen molar-refractivity contribution in [1.82, 2.24) is 5.32 Å². The topological polar surface area (TPSA) is 36.8 Å². The van der Waals surface area contributed by atoms with Gasteiger partial charge in [0.25, 0.3) is 0 Å². The first-order chi connectivity index (χ1) is 14.3. The van der Waals surface area contributed by atoms with Crippen LogP contribution in [0.15, 0.2) is 9.98 Å². The zero-order valence-electron chi connectivity index (χ0n) is 19.7. The van der Waals surface area contributed by atoms with Gasteiger partial charge in [-0.1, -0.05) is 52.4 Å². The first-order valence-corrected chi connectivity index (χ1v) is 13.0. The van der Waals surface area contributed by atoms with Gasteiger partial charge >= 0.3 is 0 Å². The molecular formula is C26H49N3. The lowest BCUT2D eigenvalue weighted by molar-refractivity contribution is 0.546. The molecule has 2 saturated carbocycles. The molecule has 2 fully saturated rings. The molecule has 0 bridgehead atoms. The Morgan fingerprint density at radius 3 is 1.52 bits per heavy atom. The highest BCUT2D eigenvalue weighted by atomic mass is 14.8. The summed E-state index contributed by atoms with van der Waals surface area (Å²) in [5.74, 6) is 1.50. The number of nitrogens with one attached hydrogen (secondary N) is 1. The molecule has 0 aromatic heterocycles. The second-order valence-corrected chi connectivity index (χ2v) is 9.62. The van der Waals surface area contributed by atoms with E-state index in [1.165, 1.54) is 127 Å². The van der Waals surface area contributed by atoms with E-state index in [4.69, 9.17) is 9.98 Å². The number of hydrogen-bond acceptors (Lipinski definition) is 3. The number of hydrogen-bond donors (Lipinski definition) is 1. The summed E-state index contributed by atoms with van der Waals surface area (Å²) in [6, 6.07) is 0. The lowest BCUT2D eigenvalue weighted by Crippen LogP contribution is -2.17. The second-order valence-electron chi connectivity index (χ2n) is 9.62. The predicted molar refractivity (Wildman–Crippen MR) is 130 cm³/mol. The third kappa shape index (κ3) is 11.3. The maximum absolute atomic E-state index is 4.88. The van der Waals surface area contributed by atoms with Gasteiger partial charge in [-0.2, -0.15) is 0 Å². The van der Waals surface area contributed by atoms with Crippen molar-refractivity contribution in [3.63, 3.8) is 0 Å². The third-order valence-corrected chi connectivity index (χ3v) is 6.93. The van der Waals surface area contributed by atoms with E-state index in [0.717, 1.165) is 24.9 Å². The molecule has 2 atom stereocenters. The molecule has 0 aliphatic heterocycles. The van der Waals surface area contributed by atoms with Gasteiger partial charge in [-0.05, 0) is 89.1 Å². The average Bonchev–Trinajstić information content (AvgIpc) is 2.73. The van der Waals surface area contributed by atoms with Crippen LogP contribution < -0.4 is 5.32 Å². The Kier molecular flexibility index (Phi) is 13.6. The number of unbranched alkanes of at least 4 members (excludes halogenated alkanes) is 6. The Hall–Kier alpha value is -0.700. The van der Waals surface area contributed by atoms with E-state index in [9.17, 15) is 0 Å². The van der Waals surface area contributed by atoms with Gasteiger partial charge in [-0.15, -0.1) is 0 Å². The maximum atomic E-state index is 4.88. The van der Waals surface area contributed by atoms with Gasteiger partial charge in [0, 0.05) is 24.5 Å². The van der Waals surface area contributed by atoms with Crippen LogP contribution in [0.2, 0.25) is 0 Å². The molecule has 1 N–H and O–H groups in total. The summed E-state index contributed by atoms with van der Waals surface area (Å²) in [4.78, 5) is 9.75. The minimum Gasteiger partial charge on any atom is -0.317 e. The fraction of sp³-hybridized carbons (Fsp3) is 0.923. The zero-order valence-corrected chi connectivity index (χ0v) is 19.7. The van der Waals surface area contributed by atoms with Gasteiger partial charge in [-0.3, -0.25) is 9.98 Å². The maximum Gasteiger partial charge on any atom is 0.0388 e. The smallest absolute Gasteiger partial charge is 0.0388 e. The standard InChI is InChI=1S/C26H49N3/c1-23-15-7-9-17-25(23)28-21-13-5-3-11-19-27-20-12-4-6-14-22-29-26-18-10-8-16-24(26)2/h23-24,27H,3-22H2,1-2H3/b28-25-,29-26-. The van der Waals surface area contributed by atoms with E-state index in [-0.39, 0.29) is 0 Å². The van der Waals surface area contributed by atoms with Crippen LogP contribution in [-0.4, -0.2) is 37.6 Å². The van der Waals surface area contributed by atoms with Crippen LogP contribution in [-0.2, 0) is 0 Å². The molecule has 0 saturated heterocycles. The molecule has 0 amide bonds. The molecule has 2 rings (SSSR count). The lowest BCUT2D eigenvalue weighted by Gasteiger charge is -2.20. The third-order valence-electron chi connectivity index (χ3n) is 6.93. The Labute approximate surface area is 181 Å². The molecule has 168 valence electrons. The summed E-state index contributed by atoms with van der Waals surface area (Å²) in [6.07, 6.45) is 21.4. The van der Waals surface area contributed by atoms with Crippen molar-refractivity contribution < 1.29 is 0 Å². The summed E-state index contributed by atoms with van der Waals surface area (Å²) in [5, 5.41) is 3.63. The Morgan fingerprint density at radius 2 is 1.07 bits per heavy atom. The molecule has 2 unspecified atom stereocenters. The van der Waals surface area contributed by atoms with Crippen LogP contribution in [0.3, 0.4) is 0 Å². The average molecular weight is 404 g/mol. The molecule has 2 aliphatic rings. The van der Waals surface area contributed by atoms with E-state index >= 15 is 0 Å². The fourth-order valence-corrected chi connectivity index (χ4v) is 4.81. The molecule has 0 aromatic rings. The summed E-state index contributed by atoms with van der Waals surface area (Å²) in [7, 11) is 0. The molecule has 0 aromatic carbocycles. The summed E-state index contributed by atoms with van der Waals surface area (Å²) < 4.78 is 0. The number of rotatable bonds is 14. The van der Waals surface area contributed by atoms with Crippen LogP contribution in [0.25, 0.3) is 0 Å². The van der Waals surface area contributed by atoms with Crippen molar-refractivity contribution in [3.8, 4) is 0 Å². The Bertz CT molecular complexity index is 427. The molecule has 29 heavy (non-hydrogen) atoms. The van der Waals surface area contributed by atoms with Crippen molar-refractivity contribution in [2.24, 2.45) is 21.8 Å². The number of aliphatic imine (C=N–C) groups is 2. The van der Waals surface area contributed by atoms with E-state index < -0.39 is 0 Å². The largest absolute Gasteiger partial charge is 0.317 e. The molecule has 0 radical (unpaired) electrons. The highest BCUT2D eigenvalue weighted by Crippen LogP contribution is 2.22. The van der Waals surface area contributed by atoms with E-state index in [1.54, 1.807) is 0 Å². The molecule has 0 heterocycles. The van der Waals surface area contributed by atoms with Crippen molar-refractivity contribution in [2.75, 3.05) is 26.2 Å². The van der Waals surface area contributed by atoms with Crippen LogP contribution in [0, 0.1) is 11.8 Å². The predicted octanol–water partition coefficient (Wildman–Crippen LogP) is 7.00. The van der Waals surface area contributed by atoms with Crippen LogP contribution in [0.5, 0.6) is 0 Å². The minimum atomic E-state index is 0.752. The summed E-state index contributed by atoms with van der Waals surface area (Å²) in [5.41, 5.74) is 3.02. The SMILES string of the molecule is CC1CCCC/C1=N/CCCCCCNCCCCCC/N=C1/CCCCC1C. The Balaban J connectivity index is 1.31. The van der Waals surface area contributed by atoms with Crippen molar-refractivity contribution in [2.45, 2.75) is 117 Å². The van der Waals surface area contributed by atoms with Crippen molar-refractivity contribution >= 4 is 11.4 Å². The highest BCUT2D eigenvalue weighted by molar-refractivity contribution is 5.87. The molecule has 3 heteroatoms. The summed E-state index contributed by atoms with van der Waals surface area (Å²) >= 11 is 0. The van der Waals surface area contributed by atoms with E-state index in [2.05, 4.69) is 19.2 Å². The van der Waals surface area contributed by atoms with Crippen molar-refractivity contribution in [1.29, 1.82) is 0 Å². The first kappa shape index (κ1) is 24.6. The van der Waals surface area contributed by atoms with Gasteiger partial charge in [-0.25, -0.2) is 0 Å². The van der Waals surface area contributed by atoms with Gasteiger partial charge in [0.15, 0.2) is 0 Å². The molecule has 0 spiro atoms. The minimum absolute atomic E-state index is 0.752. The lowest BCUT2D eigenvalue weighted by atomic mass is 9.89. The summed E-state index contributed by atoms with van der Waals surface area (Å²) in [6.45, 7) is 9.23. The van der Waals surface area contributed by atoms with Gasteiger partial charge < -0.3 is 5.32 Å². The van der Waals surface area contributed by atoms with Crippen molar-refractivity contribution in [3.05, 3.63) is 0 Å². The normalized spacial score (nSPS) is 25.7. The van der Waals surface area contributed by atoms with Crippen LogP contribution >= 0.6 is 0 Å². The zero-order chi connectivity index (χ0) is 20.6. The fourth-order valence-electron chi connectivity index (χ4n) is 4.81. The monoisotopic (exact) mass is 403 g/mol. The van der Waals surface area contributed by atoms with Gasteiger partial charge in [0.2, 0.25) is 0 Å². The molecule has 3 nitrogen and oxygen atoms in total. The van der Waals surface area contributed by atoms with Crippen LogP contribution in [0.1, 0.15) is 117 Å². The van der Waals surface area contributed by atoms with Gasteiger partial charge in [0.1, 0.15) is 0 Å². The first-order valence-electron chi connectivity index (χ1n) is 13.0. The highest BCUT2D eigenvalue weighted by Gasteiger charge is 2.15.